The number of benzene rings is 2. The molecule has 3 rings (SSSR count). The van der Waals surface area contributed by atoms with E-state index in [4.69, 9.17) is 0 Å². The van der Waals surface area contributed by atoms with Crippen molar-refractivity contribution in [3.8, 4) is 5.75 Å². The van der Waals surface area contributed by atoms with Crippen molar-refractivity contribution in [3.63, 3.8) is 0 Å². The minimum absolute atomic E-state index is 0.103. The second-order valence-electron chi connectivity index (χ2n) is 5.32. The number of carbonyl (C=O) groups is 2. The topological polar surface area (TPSA) is 81.7 Å². The molecule has 3 amide bonds. The second-order valence-corrected chi connectivity index (χ2v) is 5.32. The molecular formula is C17H17N3O3. The van der Waals surface area contributed by atoms with Gasteiger partial charge in [0.25, 0.3) is 0 Å². The van der Waals surface area contributed by atoms with Crippen molar-refractivity contribution in [1.29, 1.82) is 0 Å². The summed E-state index contributed by atoms with van der Waals surface area (Å²) in [6.45, 7) is 1.29. The molecule has 6 nitrogen and oxygen atoms in total. The molecule has 0 atom stereocenters. The maximum Gasteiger partial charge on any atom is 0.321 e. The van der Waals surface area contributed by atoms with Crippen molar-refractivity contribution in [2.75, 3.05) is 23.3 Å². The third-order valence-corrected chi connectivity index (χ3v) is 3.62. The van der Waals surface area contributed by atoms with Gasteiger partial charge in [-0.2, -0.15) is 0 Å². The van der Waals surface area contributed by atoms with E-state index in [1.165, 1.54) is 0 Å². The first-order valence-corrected chi connectivity index (χ1v) is 7.35. The first-order chi connectivity index (χ1) is 11.1. The van der Waals surface area contributed by atoms with E-state index in [1.54, 1.807) is 53.4 Å². The molecule has 2 aromatic rings. The Morgan fingerprint density at radius 1 is 1.13 bits per heavy atom. The van der Waals surface area contributed by atoms with Gasteiger partial charge in [0.2, 0.25) is 5.91 Å². The number of urea groups is 1. The van der Waals surface area contributed by atoms with Gasteiger partial charge in [-0.3, -0.25) is 9.69 Å². The van der Waals surface area contributed by atoms with Crippen LogP contribution >= 0.6 is 0 Å². The highest BCUT2D eigenvalue weighted by Gasteiger charge is 2.20. The summed E-state index contributed by atoms with van der Waals surface area (Å²) in [7, 11) is 0. The van der Waals surface area contributed by atoms with Crippen LogP contribution in [0.5, 0.6) is 5.75 Å². The number of carbonyl (C=O) groups excluding carboxylic acids is 2. The fraction of sp³-hybridized carbons (Fsp3) is 0.176. The van der Waals surface area contributed by atoms with Gasteiger partial charge in [0.1, 0.15) is 5.75 Å². The maximum atomic E-state index is 12.0. The number of phenols is 1. The Morgan fingerprint density at radius 2 is 1.83 bits per heavy atom. The van der Waals surface area contributed by atoms with Gasteiger partial charge in [-0.15, -0.1) is 0 Å². The van der Waals surface area contributed by atoms with Gasteiger partial charge < -0.3 is 15.7 Å². The van der Waals surface area contributed by atoms with E-state index in [0.717, 1.165) is 11.3 Å². The van der Waals surface area contributed by atoms with E-state index in [1.807, 2.05) is 0 Å². The fourth-order valence-corrected chi connectivity index (χ4v) is 2.45. The van der Waals surface area contributed by atoms with E-state index in [9.17, 15) is 14.7 Å². The highest BCUT2D eigenvalue weighted by molar-refractivity contribution is 5.95. The Hall–Kier alpha value is -3.02. The lowest BCUT2D eigenvalue weighted by Gasteiger charge is -2.14. The summed E-state index contributed by atoms with van der Waals surface area (Å²) in [5, 5.41) is 14.8. The summed E-state index contributed by atoms with van der Waals surface area (Å²) in [4.78, 5) is 25.3. The molecule has 118 valence electrons. The van der Waals surface area contributed by atoms with Crippen LogP contribution in [-0.4, -0.2) is 30.1 Å². The Bertz CT molecular complexity index is 711. The second kappa shape index (κ2) is 6.39. The molecule has 1 aliphatic rings. The number of nitrogens with one attached hydrogen (secondary N) is 2. The molecule has 23 heavy (non-hydrogen) atoms. The van der Waals surface area contributed by atoms with Gasteiger partial charge in [0, 0.05) is 24.5 Å². The van der Waals surface area contributed by atoms with Gasteiger partial charge in [0.05, 0.1) is 6.42 Å². The van der Waals surface area contributed by atoms with Gasteiger partial charge in [-0.05, 0) is 42.0 Å². The van der Waals surface area contributed by atoms with Crippen LogP contribution < -0.4 is 15.5 Å². The lowest BCUT2D eigenvalue weighted by atomic mass is 10.1. The lowest BCUT2D eigenvalue weighted by Crippen LogP contribution is -2.27. The Balaban J connectivity index is 1.60. The van der Waals surface area contributed by atoms with Crippen molar-refractivity contribution < 1.29 is 14.7 Å². The predicted octanol–water partition coefficient (Wildman–Crippen LogP) is 2.10. The van der Waals surface area contributed by atoms with E-state index in [-0.39, 0.29) is 24.1 Å². The quantitative estimate of drug-likeness (QED) is 0.809. The van der Waals surface area contributed by atoms with E-state index >= 15 is 0 Å². The summed E-state index contributed by atoms with van der Waals surface area (Å²) in [6, 6.07) is 13.6. The molecule has 0 radical (unpaired) electrons. The average molecular weight is 311 g/mol. The van der Waals surface area contributed by atoms with Crippen LogP contribution in [0.2, 0.25) is 0 Å². The highest BCUT2D eigenvalue weighted by Crippen LogP contribution is 2.19. The number of rotatable bonds is 4. The maximum absolute atomic E-state index is 12.0. The minimum Gasteiger partial charge on any atom is -0.508 e. The van der Waals surface area contributed by atoms with E-state index < -0.39 is 0 Å². The Kier molecular flexibility index (Phi) is 4.14. The smallest absolute Gasteiger partial charge is 0.321 e. The third kappa shape index (κ3) is 3.60. The number of phenolic OH excluding ortho intramolecular Hbond substituents is 1. The van der Waals surface area contributed by atoms with Crippen molar-refractivity contribution >= 4 is 23.3 Å². The number of hydrogen-bond acceptors (Lipinski definition) is 3. The van der Waals surface area contributed by atoms with Crippen LogP contribution in [0.4, 0.5) is 16.2 Å². The standard InChI is InChI=1S/C17H17N3O3/c21-15-7-1-12(2-8-15)11-16(22)19-13-3-5-14(6-4-13)20-10-9-18-17(20)23/h1-8,21H,9-11H2,(H,18,23)(H,19,22). The molecule has 6 heteroatoms. The van der Waals surface area contributed by atoms with Crippen LogP contribution in [-0.2, 0) is 11.2 Å². The largest absolute Gasteiger partial charge is 0.508 e. The molecule has 0 spiro atoms. The minimum atomic E-state index is -0.137. The van der Waals surface area contributed by atoms with Crippen molar-refractivity contribution in [3.05, 3.63) is 54.1 Å². The van der Waals surface area contributed by atoms with Gasteiger partial charge in [-0.25, -0.2) is 4.79 Å². The van der Waals surface area contributed by atoms with Crippen molar-refractivity contribution in [2.24, 2.45) is 0 Å². The molecule has 2 aromatic carbocycles. The molecule has 1 heterocycles. The van der Waals surface area contributed by atoms with Gasteiger partial charge in [-0.1, -0.05) is 12.1 Å². The SMILES string of the molecule is O=C(Cc1ccc(O)cc1)Nc1ccc(N2CCNC2=O)cc1. The molecule has 0 bridgehead atoms. The summed E-state index contributed by atoms with van der Waals surface area (Å²) in [5.41, 5.74) is 2.30. The molecular weight excluding hydrogens is 294 g/mol. The predicted molar refractivity (Wildman–Crippen MR) is 87.6 cm³/mol. The first-order valence-electron chi connectivity index (χ1n) is 7.35. The summed E-state index contributed by atoms with van der Waals surface area (Å²) >= 11 is 0. The lowest BCUT2D eigenvalue weighted by molar-refractivity contribution is -0.115. The number of aromatic hydroxyl groups is 1. The molecule has 0 unspecified atom stereocenters. The van der Waals surface area contributed by atoms with Crippen molar-refractivity contribution in [2.45, 2.75) is 6.42 Å². The van der Waals surface area contributed by atoms with E-state index in [0.29, 0.717) is 18.8 Å². The molecule has 0 saturated carbocycles. The molecule has 1 fully saturated rings. The fourth-order valence-electron chi connectivity index (χ4n) is 2.45. The van der Waals surface area contributed by atoms with E-state index in [2.05, 4.69) is 10.6 Å². The van der Waals surface area contributed by atoms with Crippen LogP contribution in [0.3, 0.4) is 0 Å². The van der Waals surface area contributed by atoms with Crippen LogP contribution in [0.25, 0.3) is 0 Å². The van der Waals surface area contributed by atoms with Crippen LogP contribution in [0, 0.1) is 0 Å². The number of nitrogens with zero attached hydrogens (tertiary/aromatic N) is 1. The highest BCUT2D eigenvalue weighted by atomic mass is 16.3. The zero-order valence-corrected chi connectivity index (χ0v) is 12.5. The summed E-state index contributed by atoms with van der Waals surface area (Å²) in [6.07, 6.45) is 0.233. The normalized spacial score (nSPS) is 13.7. The van der Waals surface area contributed by atoms with Crippen LogP contribution in [0.15, 0.2) is 48.5 Å². The first kappa shape index (κ1) is 14.9. The Morgan fingerprint density at radius 3 is 2.43 bits per heavy atom. The van der Waals surface area contributed by atoms with Gasteiger partial charge >= 0.3 is 6.03 Å². The third-order valence-electron chi connectivity index (χ3n) is 3.62. The average Bonchev–Trinajstić information content (AvgIpc) is 2.96. The van der Waals surface area contributed by atoms with Crippen molar-refractivity contribution in [1.82, 2.24) is 5.32 Å². The zero-order valence-electron chi connectivity index (χ0n) is 12.5. The van der Waals surface area contributed by atoms with Crippen LogP contribution in [0.1, 0.15) is 5.56 Å². The van der Waals surface area contributed by atoms with Gasteiger partial charge in [0.15, 0.2) is 0 Å². The summed E-state index contributed by atoms with van der Waals surface area (Å²) < 4.78 is 0. The molecule has 3 N–H and O–H groups in total. The monoisotopic (exact) mass is 311 g/mol. The number of hydrogen-bond donors (Lipinski definition) is 3. The molecule has 0 aromatic heterocycles. The molecule has 1 aliphatic heterocycles. The molecule has 0 aliphatic carbocycles. The number of anilines is 2. The Labute approximate surface area is 133 Å². The summed E-state index contributed by atoms with van der Waals surface area (Å²) in [5.74, 6) is 0.0399. The molecule has 1 saturated heterocycles. The number of amides is 3. The zero-order chi connectivity index (χ0) is 16.2.